The monoisotopic (exact) mass is 468 g/mol. The fourth-order valence-electron chi connectivity index (χ4n) is 3.70. The van der Waals surface area contributed by atoms with Crippen LogP contribution in [0.15, 0.2) is 53.0 Å². The number of carbonyl (C=O) groups excluding carboxylic acids is 1. The fraction of sp³-hybridized carbons (Fsp3) is 0.240. The minimum atomic E-state index is -0.733. The van der Waals surface area contributed by atoms with Gasteiger partial charge in [0.15, 0.2) is 5.84 Å². The molecule has 1 amide bonds. The first-order chi connectivity index (χ1) is 16.1. The van der Waals surface area contributed by atoms with Crippen molar-refractivity contribution in [2.45, 2.75) is 20.8 Å². The van der Waals surface area contributed by atoms with Crippen molar-refractivity contribution in [2.24, 2.45) is 5.10 Å². The molecule has 178 valence electrons. The summed E-state index contributed by atoms with van der Waals surface area (Å²) >= 11 is 0. The Labute approximate surface area is 195 Å². The zero-order valence-corrected chi connectivity index (χ0v) is 19.5. The number of rotatable bonds is 7. The summed E-state index contributed by atoms with van der Waals surface area (Å²) in [5.41, 5.74) is 1.34. The van der Waals surface area contributed by atoms with Crippen molar-refractivity contribution in [2.75, 3.05) is 25.2 Å². The van der Waals surface area contributed by atoms with Gasteiger partial charge in [0.25, 0.3) is 5.56 Å². The van der Waals surface area contributed by atoms with Gasteiger partial charge in [0, 0.05) is 30.9 Å². The van der Waals surface area contributed by atoms with Crippen LogP contribution in [0.1, 0.15) is 25.0 Å². The second kappa shape index (κ2) is 9.96. The lowest BCUT2D eigenvalue weighted by molar-refractivity contribution is -0.114. The molecule has 0 saturated carbocycles. The first-order valence-electron chi connectivity index (χ1n) is 10.6. The molecule has 7 nitrogen and oxygen atoms in total. The molecule has 0 unspecified atom stereocenters. The van der Waals surface area contributed by atoms with Crippen LogP contribution < -0.4 is 10.6 Å². The van der Waals surface area contributed by atoms with E-state index in [2.05, 4.69) is 11.7 Å². The number of carbonyl (C=O) groups is 1. The van der Waals surface area contributed by atoms with Crippen molar-refractivity contribution in [1.82, 2.24) is 9.47 Å². The van der Waals surface area contributed by atoms with E-state index in [4.69, 9.17) is 0 Å². The molecule has 3 rings (SSSR count). The van der Waals surface area contributed by atoms with Gasteiger partial charge in [-0.15, -0.1) is 0 Å². The Morgan fingerprint density at radius 1 is 1.24 bits per heavy atom. The molecule has 9 heteroatoms. The molecule has 0 bridgehead atoms. The molecule has 0 radical (unpaired) electrons. The Bertz CT molecular complexity index is 1360. The molecule has 0 spiro atoms. The summed E-state index contributed by atoms with van der Waals surface area (Å²) in [4.78, 5) is 25.7. The van der Waals surface area contributed by atoms with Gasteiger partial charge in [0.1, 0.15) is 18.2 Å². The van der Waals surface area contributed by atoms with E-state index in [0.717, 1.165) is 6.07 Å². The van der Waals surface area contributed by atoms with Crippen molar-refractivity contribution < 1.29 is 18.7 Å². The van der Waals surface area contributed by atoms with E-state index in [1.54, 1.807) is 33.0 Å². The number of likely N-dealkylation sites (N-methyl/N-ethyl adjacent to an activating group) is 1. The highest BCUT2D eigenvalue weighted by molar-refractivity contribution is 5.96. The third-order valence-electron chi connectivity index (χ3n) is 5.60. The molecule has 0 aliphatic carbocycles. The first-order valence-corrected chi connectivity index (χ1v) is 10.6. The van der Waals surface area contributed by atoms with E-state index in [1.165, 1.54) is 39.7 Å². The van der Waals surface area contributed by atoms with Gasteiger partial charge in [0.05, 0.1) is 16.8 Å². The summed E-state index contributed by atoms with van der Waals surface area (Å²) in [5.74, 6) is -1.15. The van der Waals surface area contributed by atoms with Crippen LogP contribution >= 0.6 is 0 Å². The number of halogens is 2. The van der Waals surface area contributed by atoms with Gasteiger partial charge >= 0.3 is 0 Å². The molecule has 34 heavy (non-hydrogen) atoms. The van der Waals surface area contributed by atoms with Crippen molar-refractivity contribution in [1.29, 1.82) is 0 Å². The van der Waals surface area contributed by atoms with Gasteiger partial charge in [-0.05, 0) is 56.0 Å². The number of hydrogen-bond donors (Lipinski definition) is 1. The lowest BCUT2D eigenvalue weighted by Crippen LogP contribution is -2.34. The maximum atomic E-state index is 15.2. The zero-order valence-electron chi connectivity index (χ0n) is 19.5. The third-order valence-corrected chi connectivity index (χ3v) is 5.60. The van der Waals surface area contributed by atoms with Crippen LogP contribution in [0.2, 0.25) is 0 Å². The van der Waals surface area contributed by atoms with Gasteiger partial charge in [-0.25, -0.2) is 8.78 Å². The van der Waals surface area contributed by atoms with Gasteiger partial charge in [-0.2, -0.15) is 5.10 Å². The molecule has 0 fully saturated rings. The second-order valence-electron chi connectivity index (χ2n) is 7.82. The molecule has 0 saturated heterocycles. The third kappa shape index (κ3) is 4.47. The van der Waals surface area contributed by atoms with Crippen molar-refractivity contribution in [3.63, 3.8) is 0 Å². The van der Waals surface area contributed by atoms with Crippen LogP contribution in [-0.4, -0.2) is 47.0 Å². The highest BCUT2D eigenvalue weighted by Gasteiger charge is 2.18. The summed E-state index contributed by atoms with van der Waals surface area (Å²) in [6.07, 6.45) is 2.08. The first kappa shape index (κ1) is 24.8. The summed E-state index contributed by atoms with van der Waals surface area (Å²) < 4.78 is 30.6. The number of aliphatic hydroxyl groups excluding tert-OH is 1. The Morgan fingerprint density at radius 2 is 1.94 bits per heavy atom. The number of nitrogens with zero attached hydrogens (tertiary/aromatic N) is 4. The molecular weight excluding hydrogens is 442 g/mol. The topological polar surface area (TPSA) is 78.1 Å². The van der Waals surface area contributed by atoms with Crippen molar-refractivity contribution in [3.05, 3.63) is 76.2 Å². The normalized spacial score (nSPS) is 11.6. The highest BCUT2D eigenvalue weighted by atomic mass is 19.1. The average Bonchev–Trinajstić information content (AvgIpc) is 2.81. The molecule has 3 aromatic rings. The van der Waals surface area contributed by atoms with E-state index in [1.807, 2.05) is 0 Å². The predicted molar refractivity (Wildman–Crippen MR) is 130 cm³/mol. The number of pyridine rings is 1. The van der Waals surface area contributed by atoms with Crippen molar-refractivity contribution >= 4 is 34.3 Å². The van der Waals surface area contributed by atoms with Gasteiger partial charge < -0.3 is 5.11 Å². The Balaban J connectivity index is 2.28. The zero-order chi connectivity index (χ0) is 25.2. The summed E-state index contributed by atoms with van der Waals surface area (Å²) in [7, 11) is 1.47. The number of hydrazone groups is 1. The maximum absolute atomic E-state index is 15.2. The number of hydrogen-bond acceptors (Lipinski definition) is 5. The maximum Gasteiger partial charge on any atom is 0.263 e. The molecule has 0 atom stereocenters. The van der Waals surface area contributed by atoms with Gasteiger partial charge in [0.2, 0.25) is 6.41 Å². The molecule has 2 aromatic carbocycles. The number of aliphatic hydroxyl groups is 1. The fourth-order valence-corrected chi connectivity index (χ4v) is 3.70. The van der Waals surface area contributed by atoms with E-state index in [0.29, 0.717) is 28.6 Å². The highest BCUT2D eigenvalue weighted by Crippen LogP contribution is 2.30. The number of amides is 1. The van der Waals surface area contributed by atoms with Crippen LogP contribution in [0.5, 0.6) is 0 Å². The number of allylic oxidation sites excluding steroid dienone is 1. The molecule has 1 heterocycles. The van der Waals surface area contributed by atoms with Crippen LogP contribution in [0, 0.1) is 18.6 Å². The van der Waals surface area contributed by atoms with Crippen LogP contribution in [0.4, 0.5) is 14.5 Å². The van der Waals surface area contributed by atoms with E-state index in [9.17, 15) is 19.1 Å². The molecular formula is C25H26F2N4O3. The van der Waals surface area contributed by atoms with Crippen molar-refractivity contribution in [3.8, 4) is 5.69 Å². The number of fused-ring (bicyclic) bond motifs is 1. The van der Waals surface area contributed by atoms with Gasteiger partial charge in [-0.3, -0.25) is 24.1 Å². The summed E-state index contributed by atoms with van der Waals surface area (Å²) in [6, 6.07) is 6.99. The minimum Gasteiger partial charge on any atom is -0.388 e. The molecule has 1 aromatic heterocycles. The van der Waals surface area contributed by atoms with Crippen LogP contribution in [0.3, 0.4) is 0 Å². The summed E-state index contributed by atoms with van der Waals surface area (Å²) in [5, 5.41) is 15.5. The minimum absolute atomic E-state index is 0.0296. The van der Waals surface area contributed by atoms with E-state index >= 15 is 4.39 Å². The molecule has 0 aliphatic rings. The number of aromatic nitrogens is 1. The van der Waals surface area contributed by atoms with E-state index in [-0.39, 0.29) is 29.0 Å². The quantitative estimate of drug-likeness (QED) is 0.247. The summed E-state index contributed by atoms with van der Waals surface area (Å²) in [6.45, 7) is 8.75. The van der Waals surface area contributed by atoms with E-state index < -0.39 is 23.8 Å². The van der Waals surface area contributed by atoms with Gasteiger partial charge in [-0.1, -0.05) is 12.6 Å². The number of anilines is 1. The Hall–Kier alpha value is -3.85. The predicted octanol–water partition coefficient (Wildman–Crippen LogP) is 3.83. The standard InChI is InChI=1S/C25H26F2N4O3/c1-6-30(14-33)24(13-32)28-29(5)23-11-17-18(10-21(23)27)25(34)31(12-19(17)15(2)3)22-9-7-8-20(26)16(22)4/h7-12,14,32H,2,6,13H2,1,3-5H3/b28-24-. The SMILES string of the molecule is C=C(C)c1cn(-c2cccc(F)c2C)c(=O)c2cc(F)c(N(C)/N=C(/CO)N(C=O)CC)cc12. The molecule has 1 N–H and O–H groups in total. The Kier molecular flexibility index (Phi) is 7.26. The smallest absolute Gasteiger partial charge is 0.263 e. The Morgan fingerprint density at radius 3 is 2.53 bits per heavy atom. The van der Waals surface area contributed by atoms with Crippen LogP contribution in [0.25, 0.3) is 22.0 Å². The average molecular weight is 469 g/mol. The second-order valence-corrected chi connectivity index (χ2v) is 7.82. The largest absolute Gasteiger partial charge is 0.388 e. The lowest BCUT2D eigenvalue weighted by atomic mass is 10.0. The van der Waals surface area contributed by atoms with Crippen LogP contribution in [-0.2, 0) is 4.79 Å². The molecule has 0 aliphatic heterocycles. The lowest BCUT2D eigenvalue weighted by Gasteiger charge is -2.21. The number of benzene rings is 2. The number of amidine groups is 1.